The first-order valence-corrected chi connectivity index (χ1v) is 8.80. The van der Waals surface area contributed by atoms with E-state index < -0.39 is 15.8 Å². The lowest BCUT2D eigenvalue weighted by Gasteiger charge is -2.33. The standard InChI is InChI=1S/C13H14FN3O2S2/c14-11-3-1-2-4-12(11)21(18,19)17-8-6-16(7-9-17)13-15-5-10-20-13/h1-5,10H,6-9H2. The average molecular weight is 327 g/mol. The third kappa shape index (κ3) is 2.78. The van der Waals surface area contributed by atoms with Crippen LogP contribution in [0.5, 0.6) is 0 Å². The van der Waals surface area contributed by atoms with Gasteiger partial charge in [-0.05, 0) is 12.1 Å². The van der Waals surface area contributed by atoms with Crippen LogP contribution in [0.25, 0.3) is 0 Å². The van der Waals surface area contributed by atoms with Gasteiger partial charge in [-0.25, -0.2) is 17.8 Å². The molecule has 1 aliphatic heterocycles. The maximum atomic E-state index is 13.7. The Hall–Kier alpha value is -1.51. The number of aromatic nitrogens is 1. The zero-order valence-electron chi connectivity index (χ0n) is 11.1. The molecule has 0 radical (unpaired) electrons. The lowest BCUT2D eigenvalue weighted by Crippen LogP contribution is -2.48. The number of thiazole rings is 1. The first-order chi connectivity index (χ1) is 10.1. The third-order valence-electron chi connectivity index (χ3n) is 3.38. The summed E-state index contributed by atoms with van der Waals surface area (Å²) in [6.45, 7) is 1.77. The molecule has 2 aromatic rings. The minimum absolute atomic E-state index is 0.257. The van der Waals surface area contributed by atoms with Crippen molar-refractivity contribution in [3.05, 3.63) is 41.7 Å². The normalized spacial score (nSPS) is 17.1. The van der Waals surface area contributed by atoms with Gasteiger partial charge >= 0.3 is 0 Å². The number of hydrogen-bond acceptors (Lipinski definition) is 5. The van der Waals surface area contributed by atoms with Crippen molar-refractivity contribution in [2.24, 2.45) is 0 Å². The van der Waals surface area contributed by atoms with Crippen molar-refractivity contribution < 1.29 is 12.8 Å². The van der Waals surface area contributed by atoms with Crippen LogP contribution in [0, 0.1) is 5.82 Å². The number of rotatable bonds is 3. The second-order valence-corrected chi connectivity index (χ2v) is 7.42. The van der Waals surface area contributed by atoms with Crippen molar-refractivity contribution in [2.45, 2.75) is 4.90 Å². The molecule has 5 nitrogen and oxygen atoms in total. The molecule has 0 atom stereocenters. The van der Waals surface area contributed by atoms with Gasteiger partial charge in [-0.1, -0.05) is 12.1 Å². The summed E-state index contributed by atoms with van der Waals surface area (Å²) >= 11 is 1.52. The van der Waals surface area contributed by atoms with Crippen LogP contribution in [0.1, 0.15) is 0 Å². The summed E-state index contributed by atoms with van der Waals surface area (Å²) in [6, 6.07) is 5.48. The van der Waals surface area contributed by atoms with Crippen molar-refractivity contribution in [1.29, 1.82) is 0 Å². The molecule has 3 rings (SSSR count). The number of benzene rings is 1. The molecule has 1 saturated heterocycles. The van der Waals surface area contributed by atoms with E-state index >= 15 is 0 Å². The largest absolute Gasteiger partial charge is 0.345 e. The second kappa shape index (κ2) is 5.70. The predicted octanol–water partition coefficient (Wildman–Crippen LogP) is 1.79. The van der Waals surface area contributed by atoms with Crippen LogP contribution in [-0.2, 0) is 10.0 Å². The van der Waals surface area contributed by atoms with Crippen LogP contribution in [0.4, 0.5) is 9.52 Å². The van der Waals surface area contributed by atoms with Crippen LogP contribution < -0.4 is 4.90 Å². The highest BCUT2D eigenvalue weighted by atomic mass is 32.2. The van der Waals surface area contributed by atoms with E-state index in [1.165, 1.54) is 39.9 Å². The van der Waals surface area contributed by atoms with Gasteiger partial charge in [-0.3, -0.25) is 0 Å². The predicted molar refractivity (Wildman–Crippen MR) is 79.5 cm³/mol. The van der Waals surface area contributed by atoms with Gasteiger partial charge in [0.1, 0.15) is 10.7 Å². The van der Waals surface area contributed by atoms with Gasteiger partial charge in [-0.15, -0.1) is 11.3 Å². The number of piperazine rings is 1. The molecule has 0 spiro atoms. The van der Waals surface area contributed by atoms with E-state index in [4.69, 9.17) is 0 Å². The van der Waals surface area contributed by atoms with Crippen LogP contribution in [0.15, 0.2) is 40.7 Å². The molecule has 0 N–H and O–H groups in total. The van der Waals surface area contributed by atoms with Crippen molar-refractivity contribution in [3.63, 3.8) is 0 Å². The summed E-state index contributed by atoms with van der Waals surface area (Å²) in [5.41, 5.74) is 0. The summed E-state index contributed by atoms with van der Waals surface area (Å²) < 4.78 is 40.0. The molecule has 112 valence electrons. The Balaban J connectivity index is 1.76. The Bertz CT molecular complexity index is 711. The fourth-order valence-electron chi connectivity index (χ4n) is 2.28. The van der Waals surface area contributed by atoms with Gasteiger partial charge in [-0.2, -0.15) is 4.31 Å². The molecule has 0 unspecified atom stereocenters. The second-order valence-electron chi connectivity index (χ2n) is 4.64. The lowest BCUT2D eigenvalue weighted by atomic mass is 10.3. The minimum Gasteiger partial charge on any atom is -0.345 e. The molecular weight excluding hydrogens is 313 g/mol. The zero-order valence-corrected chi connectivity index (χ0v) is 12.8. The molecule has 1 aromatic carbocycles. The van der Waals surface area contributed by atoms with E-state index in [2.05, 4.69) is 4.98 Å². The lowest BCUT2D eigenvalue weighted by molar-refractivity contribution is 0.382. The van der Waals surface area contributed by atoms with Crippen LogP contribution >= 0.6 is 11.3 Å². The Kier molecular flexibility index (Phi) is 3.92. The Morgan fingerprint density at radius 3 is 2.48 bits per heavy atom. The molecule has 2 heterocycles. The molecule has 0 saturated carbocycles. The van der Waals surface area contributed by atoms with Crippen LogP contribution in [0.2, 0.25) is 0 Å². The Morgan fingerprint density at radius 2 is 1.86 bits per heavy atom. The summed E-state index contributed by atoms with van der Waals surface area (Å²) in [6.07, 6.45) is 1.72. The van der Waals surface area contributed by atoms with E-state index in [1.54, 1.807) is 6.20 Å². The first kappa shape index (κ1) is 14.4. The molecular formula is C13H14FN3O2S2. The summed E-state index contributed by atoms with van der Waals surface area (Å²) in [4.78, 5) is 6.00. The molecule has 8 heteroatoms. The molecule has 1 aliphatic rings. The van der Waals surface area contributed by atoms with Crippen LogP contribution in [0.3, 0.4) is 0 Å². The Labute approximate surface area is 126 Å². The summed E-state index contributed by atoms with van der Waals surface area (Å²) in [5, 5.41) is 2.77. The monoisotopic (exact) mass is 327 g/mol. The number of hydrogen-bond donors (Lipinski definition) is 0. The maximum absolute atomic E-state index is 13.7. The van der Waals surface area contributed by atoms with E-state index in [9.17, 15) is 12.8 Å². The average Bonchev–Trinajstić information content (AvgIpc) is 3.02. The fraction of sp³-hybridized carbons (Fsp3) is 0.308. The van der Waals surface area contributed by atoms with Gasteiger partial charge < -0.3 is 4.90 Å². The van der Waals surface area contributed by atoms with Gasteiger partial charge in [0.15, 0.2) is 5.13 Å². The topological polar surface area (TPSA) is 53.5 Å². The minimum atomic E-state index is -3.77. The SMILES string of the molecule is O=S(=O)(c1ccccc1F)N1CCN(c2nccs2)CC1. The summed E-state index contributed by atoms with van der Waals surface area (Å²) in [5.74, 6) is -0.708. The molecule has 0 amide bonds. The van der Waals surface area contributed by atoms with E-state index in [-0.39, 0.29) is 4.90 Å². The number of halogens is 1. The Morgan fingerprint density at radius 1 is 1.14 bits per heavy atom. The van der Waals surface area contributed by atoms with Gasteiger partial charge in [0.2, 0.25) is 10.0 Å². The van der Waals surface area contributed by atoms with Crippen molar-refractivity contribution >= 4 is 26.5 Å². The highest BCUT2D eigenvalue weighted by Gasteiger charge is 2.30. The quantitative estimate of drug-likeness (QED) is 0.862. The van der Waals surface area contributed by atoms with Crippen LogP contribution in [-0.4, -0.2) is 43.9 Å². The van der Waals surface area contributed by atoms with E-state index in [1.807, 2.05) is 10.3 Å². The maximum Gasteiger partial charge on any atom is 0.246 e. The van der Waals surface area contributed by atoms with E-state index in [0.717, 1.165) is 5.13 Å². The molecule has 0 aliphatic carbocycles. The zero-order chi connectivity index (χ0) is 14.9. The van der Waals surface area contributed by atoms with E-state index in [0.29, 0.717) is 26.2 Å². The van der Waals surface area contributed by atoms with Crippen molar-refractivity contribution in [1.82, 2.24) is 9.29 Å². The first-order valence-electron chi connectivity index (χ1n) is 6.48. The molecule has 1 aromatic heterocycles. The number of anilines is 1. The fourth-order valence-corrected chi connectivity index (χ4v) is 4.47. The smallest absolute Gasteiger partial charge is 0.246 e. The molecule has 21 heavy (non-hydrogen) atoms. The highest BCUT2D eigenvalue weighted by molar-refractivity contribution is 7.89. The molecule has 0 bridgehead atoms. The third-order valence-corrected chi connectivity index (χ3v) is 6.15. The number of sulfonamides is 1. The van der Waals surface area contributed by atoms with Gasteiger partial charge in [0, 0.05) is 37.8 Å². The van der Waals surface area contributed by atoms with Crippen molar-refractivity contribution in [2.75, 3.05) is 31.1 Å². The highest BCUT2D eigenvalue weighted by Crippen LogP contribution is 2.23. The van der Waals surface area contributed by atoms with Gasteiger partial charge in [0.25, 0.3) is 0 Å². The van der Waals surface area contributed by atoms with Crippen molar-refractivity contribution in [3.8, 4) is 0 Å². The summed E-state index contributed by atoms with van der Waals surface area (Å²) in [7, 11) is -3.77. The number of nitrogens with zero attached hydrogens (tertiary/aromatic N) is 3. The molecule has 1 fully saturated rings. The van der Waals surface area contributed by atoms with Gasteiger partial charge in [0.05, 0.1) is 0 Å².